The van der Waals surface area contributed by atoms with Gasteiger partial charge in [0.25, 0.3) is 0 Å². The fraction of sp³-hybridized carbons (Fsp3) is 0.900. The predicted octanol–water partition coefficient (Wildman–Crippen LogP) is 0.0651. The molecule has 2 unspecified atom stereocenters. The molecular weight excluding hydrogens is 182 g/mol. The molecule has 0 spiro atoms. The molecule has 2 aliphatic heterocycles. The summed E-state index contributed by atoms with van der Waals surface area (Å²) in [5.74, 6) is 0.0675. The van der Waals surface area contributed by atoms with Crippen LogP contribution in [0.4, 0.5) is 0 Å². The fourth-order valence-corrected chi connectivity index (χ4v) is 2.25. The summed E-state index contributed by atoms with van der Waals surface area (Å²) in [7, 11) is 1.54. The zero-order valence-corrected chi connectivity index (χ0v) is 8.57. The highest BCUT2D eigenvalue weighted by atomic mass is 16.5. The van der Waals surface area contributed by atoms with Crippen molar-refractivity contribution in [3.63, 3.8) is 0 Å². The molecule has 0 amide bonds. The van der Waals surface area contributed by atoms with Gasteiger partial charge in [-0.15, -0.1) is 0 Å². The Balaban J connectivity index is 1.87. The normalized spacial score (nSPS) is 32.9. The number of hydrogen-bond acceptors (Lipinski definition) is 4. The zero-order chi connectivity index (χ0) is 9.97. The van der Waals surface area contributed by atoms with Gasteiger partial charge in [0.05, 0.1) is 6.61 Å². The van der Waals surface area contributed by atoms with Crippen molar-refractivity contribution in [1.29, 1.82) is 0 Å². The van der Waals surface area contributed by atoms with Crippen LogP contribution in [0.3, 0.4) is 0 Å². The lowest BCUT2D eigenvalue weighted by Crippen LogP contribution is -2.49. The van der Waals surface area contributed by atoms with E-state index in [1.165, 1.54) is 12.8 Å². The second kappa shape index (κ2) is 4.38. The highest BCUT2D eigenvalue weighted by Crippen LogP contribution is 2.22. The van der Waals surface area contributed by atoms with Crippen molar-refractivity contribution in [2.45, 2.75) is 25.0 Å². The monoisotopic (exact) mass is 199 g/mol. The van der Waals surface area contributed by atoms with Gasteiger partial charge in [-0.05, 0) is 19.4 Å². The van der Waals surface area contributed by atoms with E-state index in [9.17, 15) is 4.79 Å². The molecule has 4 nitrogen and oxygen atoms in total. The van der Waals surface area contributed by atoms with Crippen molar-refractivity contribution in [2.75, 3.05) is 33.4 Å². The van der Waals surface area contributed by atoms with E-state index in [1.54, 1.807) is 7.11 Å². The lowest BCUT2D eigenvalue weighted by atomic mass is 10.1. The summed E-state index contributed by atoms with van der Waals surface area (Å²) in [4.78, 5) is 13.9. The Bertz CT molecular complexity index is 219. The van der Waals surface area contributed by atoms with Gasteiger partial charge in [0.15, 0.2) is 5.78 Å². The molecule has 2 atom stereocenters. The molecule has 2 aliphatic rings. The number of rotatable bonds is 3. The molecule has 0 aromatic heterocycles. The summed E-state index contributed by atoms with van der Waals surface area (Å²) in [6, 6.07) is 0.557. The molecule has 2 fully saturated rings. The third kappa shape index (κ3) is 1.97. The maximum Gasteiger partial charge on any atom is 0.188 e. The second-order valence-electron chi connectivity index (χ2n) is 4.01. The average molecular weight is 199 g/mol. The Labute approximate surface area is 84.2 Å². The van der Waals surface area contributed by atoms with Crippen molar-refractivity contribution < 1.29 is 14.3 Å². The number of carbonyl (C=O) groups is 1. The first-order chi connectivity index (χ1) is 6.81. The number of hydrogen-bond donors (Lipinski definition) is 0. The molecule has 2 heterocycles. The van der Waals surface area contributed by atoms with E-state index in [2.05, 4.69) is 4.90 Å². The van der Waals surface area contributed by atoms with Gasteiger partial charge in [0.2, 0.25) is 0 Å². The summed E-state index contributed by atoms with van der Waals surface area (Å²) in [5.41, 5.74) is 0. The first kappa shape index (κ1) is 10.1. The smallest absolute Gasteiger partial charge is 0.188 e. The Kier molecular flexibility index (Phi) is 3.15. The van der Waals surface area contributed by atoms with Gasteiger partial charge in [-0.25, -0.2) is 0 Å². The molecule has 2 saturated heterocycles. The van der Waals surface area contributed by atoms with E-state index >= 15 is 0 Å². The van der Waals surface area contributed by atoms with Gasteiger partial charge in [0, 0.05) is 19.7 Å². The Morgan fingerprint density at radius 1 is 1.64 bits per heavy atom. The molecule has 0 bridgehead atoms. The molecule has 0 radical (unpaired) electrons. The van der Waals surface area contributed by atoms with E-state index < -0.39 is 0 Å². The Hall–Kier alpha value is -0.450. The van der Waals surface area contributed by atoms with Crippen LogP contribution in [0.5, 0.6) is 0 Å². The van der Waals surface area contributed by atoms with Gasteiger partial charge in [0.1, 0.15) is 12.7 Å². The molecule has 0 N–H and O–H groups in total. The summed E-state index contributed by atoms with van der Waals surface area (Å²) >= 11 is 0. The maximum absolute atomic E-state index is 11.5. The highest BCUT2D eigenvalue weighted by Gasteiger charge is 2.34. The molecule has 4 heteroatoms. The molecular formula is C10H17NO3. The Morgan fingerprint density at radius 3 is 3.29 bits per heavy atom. The third-order valence-corrected chi connectivity index (χ3v) is 3.03. The van der Waals surface area contributed by atoms with E-state index in [-0.39, 0.29) is 18.5 Å². The summed E-state index contributed by atoms with van der Waals surface area (Å²) in [6.45, 7) is 2.75. The summed E-state index contributed by atoms with van der Waals surface area (Å²) in [5, 5.41) is 0. The van der Waals surface area contributed by atoms with Crippen LogP contribution in [-0.4, -0.2) is 56.2 Å². The standard InChI is InChI=1S/C10H17NO3/c1-13-7-9(12)10-5-11-4-2-3-8(11)6-14-10/h8,10H,2-7H2,1H3. The summed E-state index contributed by atoms with van der Waals surface area (Å²) in [6.07, 6.45) is 2.19. The van der Waals surface area contributed by atoms with Gasteiger partial charge in [-0.1, -0.05) is 0 Å². The average Bonchev–Trinajstić information content (AvgIpc) is 2.64. The van der Waals surface area contributed by atoms with E-state index in [4.69, 9.17) is 9.47 Å². The first-order valence-corrected chi connectivity index (χ1v) is 5.18. The largest absolute Gasteiger partial charge is 0.377 e. The van der Waals surface area contributed by atoms with E-state index in [0.717, 1.165) is 13.1 Å². The molecule has 0 aromatic rings. The number of Topliss-reactive ketones (excluding diaryl/α,β-unsaturated/α-hetero) is 1. The second-order valence-corrected chi connectivity index (χ2v) is 4.01. The molecule has 0 saturated carbocycles. The quantitative estimate of drug-likeness (QED) is 0.644. The number of nitrogens with zero attached hydrogens (tertiary/aromatic N) is 1. The topological polar surface area (TPSA) is 38.8 Å². The van der Waals surface area contributed by atoms with Crippen LogP contribution in [0.25, 0.3) is 0 Å². The molecule has 2 rings (SSSR count). The number of ether oxygens (including phenoxy) is 2. The molecule has 0 aromatic carbocycles. The minimum Gasteiger partial charge on any atom is -0.377 e. The minimum absolute atomic E-state index is 0.0675. The number of carbonyl (C=O) groups excluding carboxylic acids is 1. The molecule has 80 valence electrons. The van der Waals surface area contributed by atoms with Crippen molar-refractivity contribution in [3.05, 3.63) is 0 Å². The van der Waals surface area contributed by atoms with E-state index in [0.29, 0.717) is 12.6 Å². The van der Waals surface area contributed by atoms with Crippen LogP contribution >= 0.6 is 0 Å². The fourth-order valence-electron chi connectivity index (χ4n) is 2.25. The van der Waals surface area contributed by atoms with Crippen LogP contribution in [0.1, 0.15) is 12.8 Å². The van der Waals surface area contributed by atoms with Crippen molar-refractivity contribution in [2.24, 2.45) is 0 Å². The maximum atomic E-state index is 11.5. The molecule has 14 heavy (non-hydrogen) atoms. The SMILES string of the molecule is COCC(=O)C1CN2CCCC2CO1. The molecule has 0 aliphatic carbocycles. The zero-order valence-electron chi connectivity index (χ0n) is 8.57. The lowest BCUT2D eigenvalue weighted by Gasteiger charge is -2.34. The van der Waals surface area contributed by atoms with Crippen LogP contribution < -0.4 is 0 Å². The van der Waals surface area contributed by atoms with Crippen molar-refractivity contribution in [1.82, 2.24) is 4.90 Å². The first-order valence-electron chi connectivity index (χ1n) is 5.18. The highest BCUT2D eigenvalue weighted by molar-refractivity contribution is 5.84. The number of morpholine rings is 1. The van der Waals surface area contributed by atoms with Gasteiger partial charge in [-0.2, -0.15) is 0 Å². The van der Waals surface area contributed by atoms with Crippen LogP contribution in [0.2, 0.25) is 0 Å². The number of fused-ring (bicyclic) bond motifs is 1. The van der Waals surface area contributed by atoms with Gasteiger partial charge < -0.3 is 9.47 Å². The summed E-state index contributed by atoms with van der Waals surface area (Å²) < 4.78 is 10.4. The van der Waals surface area contributed by atoms with Crippen LogP contribution in [0.15, 0.2) is 0 Å². The number of ketones is 1. The predicted molar refractivity (Wildman–Crippen MR) is 51.2 cm³/mol. The third-order valence-electron chi connectivity index (χ3n) is 3.03. The van der Waals surface area contributed by atoms with Gasteiger partial charge >= 0.3 is 0 Å². The van der Waals surface area contributed by atoms with Crippen molar-refractivity contribution in [3.8, 4) is 0 Å². The number of methoxy groups -OCH3 is 1. The Morgan fingerprint density at radius 2 is 2.50 bits per heavy atom. The van der Waals surface area contributed by atoms with Crippen LogP contribution in [-0.2, 0) is 14.3 Å². The lowest BCUT2D eigenvalue weighted by molar-refractivity contribution is -0.142. The van der Waals surface area contributed by atoms with E-state index in [1.807, 2.05) is 0 Å². The van der Waals surface area contributed by atoms with Crippen LogP contribution in [0, 0.1) is 0 Å². The van der Waals surface area contributed by atoms with Crippen molar-refractivity contribution >= 4 is 5.78 Å². The minimum atomic E-state index is -0.260. The van der Waals surface area contributed by atoms with Gasteiger partial charge in [-0.3, -0.25) is 9.69 Å².